The molecule has 2 atom stereocenters. The molecule has 0 bridgehead atoms. The van der Waals surface area contributed by atoms with Crippen molar-refractivity contribution in [1.29, 1.82) is 0 Å². The molecule has 1 aliphatic heterocycles. The maximum atomic E-state index is 5.98. The van der Waals surface area contributed by atoms with Crippen molar-refractivity contribution in [3.05, 3.63) is 125 Å². The second-order valence-electron chi connectivity index (χ2n) is 10.4. The van der Waals surface area contributed by atoms with Crippen molar-refractivity contribution in [2.75, 3.05) is 4.90 Å². The van der Waals surface area contributed by atoms with Gasteiger partial charge in [0.2, 0.25) is 0 Å². The third-order valence-electron chi connectivity index (χ3n) is 7.73. The van der Waals surface area contributed by atoms with Crippen LogP contribution in [0, 0.1) is 13.8 Å². The number of thiocarbonyl (C=S) groups is 1. The topological polar surface area (TPSA) is 33.1 Å². The quantitative estimate of drug-likeness (QED) is 0.240. The van der Waals surface area contributed by atoms with Crippen LogP contribution in [0.4, 0.5) is 5.69 Å². The number of aromatic nitrogens is 2. The number of pyridine rings is 1. The Bertz CT molecular complexity index is 1610. The summed E-state index contributed by atoms with van der Waals surface area (Å²) in [4.78, 5) is 7.01. The number of nitrogens with one attached hydrogen (secondary N) is 1. The molecule has 4 nitrogen and oxygen atoms in total. The summed E-state index contributed by atoms with van der Waals surface area (Å²) in [5, 5.41) is 6.81. The summed E-state index contributed by atoms with van der Waals surface area (Å²) >= 11 is 5.98. The Hall–Kier alpha value is -3.96. The van der Waals surface area contributed by atoms with Gasteiger partial charge in [-0.25, -0.2) is 0 Å². The van der Waals surface area contributed by atoms with E-state index in [2.05, 4.69) is 121 Å². The van der Waals surface area contributed by atoms with E-state index >= 15 is 0 Å². The van der Waals surface area contributed by atoms with Crippen LogP contribution >= 0.6 is 12.2 Å². The lowest BCUT2D eigenvalue weighted by molar-refractivity contribution is 0.565. The summed E-state index contributed by atoms with van der Waals surface area (Å²) < 4.78 is 2.38. The fraction of sp³-hybridized carbons (Fsp3) is 0.212. The minimum Gasteiger partial charge on any atom is -0.351 e. The zero-order chi connectivity index (χ0) is 26.4. The first kappa shape index (κ1) is 24.4. The summed E-state index contributed by atoms with van der Waals surface area (Å²) in [6.45, 7) is 8.86. The lowest BCUT2D eigenvalue weighted by Gasteiger charge is -2.28. The van der Waals surface area contributed by atoms with Gasteiger partial charge in [0.15, 0.2) is 5.11 Å². The molecule has 38 heavy (non-hydrogen) atoms. The van der Waals surface area contributed by atoms with Crippen LogP contribution < -0.4 is 10.2 Å². The Balaban J connectivity index is 1.52. The lowest BCUT2D eigenvalue weighted by Crippen LogP contribution is -2.29. The number of benzene rings is 3. The second-order valence-corrected chi connectivity index (χ2v) is 10.8. The largest absolute Gasteiger partial charge is 0.351 e. The van der Waals surface area contributed by atoms with Crippen LogP contribution in [-0.4, -0.2) is 14.7 Å². The van der Waals surface area contributed by atoms with E-state index in [1.165, 1.54) is 39.0 Å². The van der Waals surface area contributed by atoms with Crippen LogP contribution in [0.1, 0.15) is 60.1 Å². The number of aryl methyl sites for hydroxylation is 1. The van der Waals surface area contributed by atoms with Crippen LogP contribution in [0.3, 0.4) is 0 Å². The smallest absolute Gasteiger partial charge is 0.174 e. The second kappa shape index (κ2) is 9.73. The molecule has 2 aromatic heterocycles. The summed E-state index contributed by atoms with van der Waals surface area (Å²) in [6.07, 6.45) is 1.86. The summed E-state index contributed by atoms with van der Waals surface area (Å²) in [6, 6.07) is 32.2. The number of hydrogen-bond acceptors (Lipinski definition) is 2. The molecule has 5 heteroatoms. The first-order valence-electron chi connectivity index (χ1n) is 13.2. The normalized spacial score (nSPS) is 17.4. The van der Waals surface area contributed by atoms with Crippen LogP contribution in [-0.2, 0) is 0 Å². The molecule has 190 valence electrons. The minimum absolute atomic E-state index is 0.0442. The van der Waals surface area contributed by atoms with Gasteiger partial charge in [-0.3, -0.25) is 4.98 Å². The molecule has 0 saturated carbocycles. The Morgan fingerprint density at radius 1 is 0.868 bits per heavy atom. The first-order valence-corrected chi connectivity index (χ1v) is 13.6. The third kappa shape index (κ3) is 4.07. The molecule has 0 unspecified atom stereocenters. The van der Waals surface area contributed by atoms with Crippen LogP contribution in [0.5, 0.6) is 0 Å². The first-order chi connectivity index (χ1) is 18.4. The molecule has 3 heterocycles. The van der Waals surface area contributed by atoms with Gasteiger partial charge in [-0.2, -0.15) is 0 Å². The van der Waals surface area contributed by atoms with Gasteiger partial charge in [-0.05, 0) is 84.9 Å². The highest BCUT2D eigenvalue weighted by Crippen LogP contribution is 2.44. The van der Waals surface area contributed by atoms with Crippen LogP contribution in [0.2, 0.25) is 0 Å². The molecule has 1 fully saturated rings. The SMILES string of the molecule is Cc1cc([C@H]2[C@H](c3ccccn3)NC(=S)N2c2ccc(C(C)C)cc2)c(C)n1-c1cccc2ccccc12. The van der Waals surface area contributed by atoms with E-state index in [0.29, 0.717) is 5.92 Å². The Morgan fingerprint density at radius 2 is 1.61 bits per heavy atom. The summed E-state index contributed by atoms with van der Waals surface area (Å²) in [5.74, 6) is 0.476. The van der Waals surface area contributed by atoms with Crippen molar-refractivity contribution < 1.29 is 0 Å². The van der Waals surface area contributed by atoms with E-state index in [0.717, 1.165) is 16.5 Å². The van der Waals surface area contributed by atoms with Gasteiger partial charge in [0, 0.05) is 28.7 Å². The highest BCUT2D eigenvalue weighted by atomic mass is 32.1. The molecule has 1 N–H and O–H groups in total. The fourth-order valence-electron chi connectivity index (χ4n) is 5.83. The molecular formula is C33H32N4S. The van der Waals surface area contributed by atoms with E-state index < -0.39 is 0 Å². The number of fused-ring (bicyclic) bond motifs is 1. The maximum absolute atomic E-state index is 5.98. The van der Waals surface area contributed by atoms with Crippen molar-refractivity contribution in [2.45, 2.75) is 45.7 Å². The van der Waals surface area contributed by atoms with Gasteiger partial charge >= 0.3 is 0 Å². The highest BCUT2D eigenvalue weighted by molar-refractivity contribution is 7.80. The zero-order valence-corrected chi connectivity index (χ0v) is 23.0. The average Bonchev–Trinajstić information content (AvgIpc) is 3.43. The van der Waals surface area contributed by atoms with E-state index in [4.69, 9.17) is 17.2 Å². The Morgan fingerprint density at radius 3 is 2.34 bits per heavy atom. The van der Waals surface area contributed by atoms with E-state index in [9.17, 15) is 0 Å². The van der Waals surface area contributed by atoms with Crippen LogP contribution in [0.15, 0.2) is 97.2 Å². The van der Waals surface area contributed by atoms with Crippen LogP contribution in [0.25, 0.3) is 16.5 Å². The molecular weight excluding hydrogens is 484 g/mol. The maximum Gasteiger partial charge on any atom is 0.174 e. The van der Waals surface area contributed by atoms with E-state index in [1.807, 2.05) is 18.3 Å². The van der Waals surface area contributed by atoms with E-state index in [-0.39, 0.29) is 12.1 Å². The average molecular weight is 517 g/mol. The molecule has 3 aromatic carbocycles. The molecule has 6 rings (SSSR count). The molecule has 5 aromatic rings. The summed E-state index contributed by atoms with van der Waals surface area (Å²) in [5.41, 5.74) is 8.23. The van der Waals surface area contributed by atoms with Gasteiger partial charge in [0.1, 0.15) is 0 Å². The van der Waals surface area contributed by atoms with Gasteiger partial charge in [-0.1, -0.05) is 68.4 Å². The number of anilines is 1. The highest BCUT2D eigenvalue weighted by Gasteiger charge is 2.42. The predicted octanol–water partition coefficient (Wildman–Crippen LogP) is 7.94. The van der Waals surface area contributed by atoms with Crippen molar-refractivity contribution in [2.24, 2.45) is 0 Å². The minimum atomic E-state index is -0.0741. The number of rotatable bonds is 5. The fourth-order valence-corrected chi connectivity index (χ4v) is 6.18. The molecule has 0 aliphatic carbocycles. The number of hydrogen-bond donors (Lipinski definition) is 1. The molecule has 0 radical (unpaired) electrons. The van der Waals surface area contributed by atoms with Crippen molar-refractivity contribution in [1.82, 2.24) is 14.9 Å². The molecule has 1 aliphatic rings. The van der Waals surface area contributed by atoms with Gasteiger partial charge in [0.05, 0.1) is 23.5 Å². The van der Waals surface area contributed by atoms with Crippen molar-refractivity contribution in [3.8, 4) is 5.69 Å². The standard InChI is InChI=1S/C33H32N4S/c1-21(2)24-15-17-26(18-16-24)37-32(31(35-33(37)38)29-13-7-8-19-34-29)28-20-22(3)36(23(28)4)30-14-9-11-25-10-5-6-12-27(25)30/h5-21,31-32H,1-4H3,(H,35,38)/t31-,32-/m0/s1. The Labute approximate surface area is 230 Å². The van der Waals surface area contributed by atoms with Gasteiger partial charge < -0.3 is 14.8 Å². The van der Waals surface area contributed by atoms with E-state index in [1.54, 1.807) is 0 Å². The molecule has 0 spiro atoms. The zero-order valence-electron chi connectivity index (χ0n) is 22.2. The van der Waals surface area contributed by atoms with Gasteiger partial charge in [-0.15, -0.1) is 0 Å². The lowest BCUT2D eigenvalue weighted by atomic mass is 9.96. The molecule has 0 amide bonds. The third-order valence-corrected chi connectivity index (χ3v) is 8.05. The van der Waals surface area contributed by atoms with Crippen molar-refractivity contribution >= 4 is 33.8 Å². The summed E-state index contributed by atoms with van der Waals surface area (Å²) in [7, 11) is 0. The Kier molecular flexibility index (Phi) is 6.24. The predicted molar refractivity (Wildman–Crippen MR) is 161 cm³/mol. The molecule has 1 saturated heterocycles. The number of nitrogens with zero attached hydrogens (tertiary/aromatic N) is 3. The monoisotopic (exact) mass is 516 g/mol. The van der Waals surface area contributed by atoms with Crippen molar-refractivity contribution in [3.63, 3.8) is 0 Å². The van der Waals surface area contributed by atoms with Gasteiger partial charge in [0.25, 0.3) is 0 Å².